The van der Waals surface area contributed by atoms with Gasteiger partial charge >= 0.3 is 10.4 Å². The van der Waals surface area contributed by atoms with Crippen molar-refractivity contribution in [2.75, 3.05) is 13.2 Å². The molecule has 9 nitrogen and oxygen atoms in total. The highest BCUT2D eigenvalue weighted by atomic mass is 32.3. The molecule has 0 spiro atoms. The molecule has 10 heteroatoms. The summed E-state index contributed by atoms with van der Waals surface area (Å²) in [6, 6.07) is 6.33. The topological polar surface area (TPSA) is 129 Å². The molecule has 0 radical (unpaired) electrons. The Labute approximate surface area is 150 Å². The molecule has 0 fully saturated rings. The molecule has 0 saturated heterocycles. The van der Waals surface area contributed by atoms with E-state index in [1.807, 2.05) is 0 Å². The Hall–Kier alpha value is -3.41. The Morgan fingerprint density at radius 2 is 1.73 bits per heavy atom. The van der Waals surface area contributed by atoms with Gasteiger partial charge < -0.3 is 4.74 Å². The summed E-state index contributed by atoms with van der Waals surface area (Å²) in [6.07, 6.45) is 0.436. The van der Waals surface area contributed by atoms with E-state index in [2.05, 4.69) is 13.9 Å². The summed E-state index contributed by atoms with van der Waals surface area (Å²) in [5.74, 6) is 0.0140. The van der Waals surface area contributed by atoms with E-state index < -0.39 is 17.0 Å². The molecule has 0 unspecified atom stereocenters. The molecule has 0 aliphatic heterocycles. The largest absolute Gasteiger partial charge is 0.492 e. The van der Waals surface area contributed by atoms with Crippen molar-refractivity contribution < 1.29 is 21.9 Å². The molecular formula is C16H12N4O5S. The maximum Gasteiger partial charge on any atom is 0.397 e. The maximum atomic E-state index is 10.5. The highest BCUT2D eigenvalue weighted by Crippen LogP contribution is 2.08. The van der Waals surface area contributed by atoms with E-state index in [-0.39, 0.29) is 29.0 Å². The zero-order valence-corrected chi connectivity index (χ0v) is 14.4. The molecule has 0 aliphatic rings. The molecule has 0 heterocycles. The first-order valence-electron chi connectivity index (χ1n) is 7.02. The van der Waals surface area contributed by atoms with Crippen LogP contribution in [-0.4, -0.2) is 26.2 Å². The van der Waals surface area contributed by atoms with Crippen LogP contribution < -0.4 is 15.2 Å². The van der Waals surface area contributed by atoms with Gasteiger partial charge in [0.15, 0.2) is 0 Å². The molecule has 0 amide bonds. The van der Waals surface area contributed by atoms with Gasteiger partial charge in [0.1, 0.15) is 19.0 Å². The average Bonchev–Trinajstić information content (AvgIpc) is 2.61. The van der Waals surface area contributed by atoms with Crippen LogP contribution in [0.2, 0.25) is 0 Å². The zero-order chi connectivity index (χ0) is 19.7. The molecule has 132 valence electrons. The number of hydrogen-bond donors (Lipinski definition) is 1. The van der Waals surface area contributed by atoms with Gasteiger partial charge in [-0.2, -0.15) is 8.42 Å². The Bertz CT molecular complexity index is 1060. The van der Waals surface area contributed by atoms with Crippen molar-refractivity contribution in [1.82, 2.24) is 0 Å². The van der Waals surface area contributed by atoms with E-state index in [0.717, 1.165) is 0 Å². The monoisotopic (exact) mass is 372 g/mol. The summed E-state index contributed by atoms with van der Waals surface area (Å²) in [6.45, 7) is 15.1. The third-order valence-corrected chi connectivity index (χ3v) is 3.57. The van der Waals surface area contributed by atoms with Gasteiger partial charge in [0.2, 0.25) is 0 Å². The lowest BCUT2D eigenvalue weighted by Crippen LogP contribution is -2.22. The SMILES string of the molecule is [C-]#[N+]/C(C#N)=c1/cc(OCCOS(=O)(=O)O)/c(=C(\C#N)[N+]#[C-])cc1CC. The first-order valence-corrected chi connectivity index (χ1v) is 8.39. The lowest BCUT2D eigenvalue weighted by Gasteiger charge is -2.10. The van der Waals surface area contributed by atoms with E-state index >= 15 is 0 Å². The highest BCUT2D eigenvalue weighted by Gasteiger charge is 2.10. The van der Waals surface area contributed by atoms with Gasteiger partial charge in [-0.1, -0.05) is 18.6 Å². The number of nitrogens with zero attached hydrogens (tertiary/aromatic N) is 4. The summed E-state index contributed by atoms with van der Waals surface area (Å²) >= 11 is 0. The van der Waals surface area contributed by atoms with E-state index in [0.29, 0.717) is 17.2 Å². The van der Waals surface area contributed by atoms with Gasteiger partial charge in [0.05, 0.1) is 25.3 Å². The Morgan fingerprint density at radius 3 is 2.19 bits per heavy atom. The molecule has 1 rings (SSSR count). The highest BCUT2D eigenvalue weighted by molar-refractivity contribution is 7.80. The van der Waals surface area contributed by atoms with E-state index in [1.54, 1.807) is 19.1 Å². The number of aryl methyl sites for hydroxylation is 1. The Balaban J connectivity index is 3.59. The maximum absolute atomic E-state index is 10.5. The minimum absolute atomic E-state index is 0.0140. The van der Waals surface area contributed by atoms with E-state index in [4.69, 9.17) is 33.0 Å². The van der Waals surface area contributed by atoms with Crippen molar-refractivity contribution in [3.8, 4) is 17.9 Å². The minimum atomic E-state index is -4.63. The van der Waals surface area contributed by atoms with Crippen molar-refractivity contribution in [3.05, 3.63) is 51.0 Å². The van der Waals surface area contributed by atoms with Crippen LogP contribution in [0.4, 0.5) is 0 Å². The van der Waals surface area contributed by atoms with Gasteiger partial charge in [0.25, 0.3) is 11.4 Å². The second kappa shape index (κ2) is 9.17. The number of nitriles is 2. The van der Waals surface area contributed by atoms with Crippen molar-refractivity contribution >= 4 is 21.8 Å². The third-order valence-electron chi connectivity index (χ3n) is 3.11. The predicted octanol–water partition coefficient (Wildman–Crippen LogP) is 0.549. The number of benzene rings is 1. The van der Waals surface area contributed by atoms with Gasteiger partial charge in [-0.05, 0) is 17.7 Å². The quantitative estimate of drug-likeness (QED) is 0.438. The number of ether oxygens (including phenoxy) is 1. The Morgan fingerprint density at radius 1 is 1.15 bits per heavy atom. The van der Waals surface area contributed by atoms with E-state index in [9.17, 15) is 8.42 Å². The summed E-state index contributed by atoms with van der Waals surface area (Å²) in [4.78, 5) is 6.27. The molecule has 0 bridgehead atoms. The normalized spacial score (nSPS) is 12.7. The second-order valence-electron chi connectivity index (χ2n) is 4.60. The molecule has 0 saturated carbocycles. The summed E-state index contributed by atoms with van der Waals surface area (Å²) in [5.41, 5.74) is 0.123. The van der Waals surface area contributed by atoms with Crippen molar-refractivity contribution in [1.29, 1.82) is 10.5 Å². The summed E-state index contributed by atoms with van der Waals surface area (Å²) < 4.78 is 39.1. The lowest BCUT2D eigenvalue weighted by molar-refractivity contribution is 0.201. The standard InChI is InChI=1S/C16H12N4O5S/c1-4-11-7-13(15(10-18)20-3)16(8-12(11)14(9-17)19-2)24-5-6-25-26(21,22)23/h7-8H,4-6H2,1H3,(H,21,22,23)/b14-12-,15-13+. The third kappa shape index (κ3) is 5.31. The van der Waals surface area contributed by atoms with Crippen LogP contribution in [0.5, 0.6) is 5.75 Å². The summed E-state index contributed by atoms with van der Waals surface area (Å²) in [5, 5.41) is 18.7. The second-order valence-corrected chi connectivity index (χ2v) is 5.69. The number of rotatable bonds is 6. The fourth-order valence-corrected chi connectivity index (χ4v) is 2.30. The molecule has 0 atom stereocenters. The van der Waals surface area contributed by atoms with Crippen molar-refractivity contribution in [2.45, 2.75) is 13.3 Å². The summed E-state index contributed by atoms with van der Waals surface area (Å²) in [7, 11) is -4.63. The molecule has 1 N–H and O–H groups in total. The van der Waals surface area contributed by atoms with Crippen LogP contribution in [0.15, 0.2) is 12.1 Å². The fourth-order valence-electron chi connectivity index (χ4n) is 2.02. The Kier molecular flexibility index (Phi) is 7.28. The lowest BCUT2D eigenvalue weighted by atomic mass is 10.1. The molecular weight excluding hydrogens is 360 g/mol. The van der Waals surface area contributed by atoms with Crippen LogP contribution >= 0.6 is 0 Å². The minimum Gasteiger partial charge on any atom is -0.492 e. The van der Waals surface area contributed by atoms with Gasteiger partial charge in [-0.3, -0.25) is 4.55 Å². The first-order chi connectivity index (χ1) is 12.3. The van der Waals surface area contributed by atoms with Crippen LogP contribution in [-0.2, 0) is 21.0 Å². The average molecular weight is 372 g/mol. The van der Waals surface area contributed by atoms with Crippen LogP contribution in [0.3, 0.4) is 0 Å². The van der Waals surface area contributed by atoms with Gasteiger partial charge in [-0.25, -0.2) is 24.4 Å². The molecule has 0 aliphatic carbocycles. The van der Waals surface area contributed by atoms with Crippen LogP contribution in [0.25, 0.3) is 21.1 Å². The van der Waals surface area contributed by atoms with Crippen molar-refractivity contribution in [2.24, 2.45) is 0 Å². The first kappa shape index (κ1) is 20.6. The fraction of sp³-hybridized carbons (Fsp3) is 0.250. The smallest absolute Gasteiger partial charge is 0.397 e. The van der Waals surface area contributed by atoms with Crippen LogP contribution in [0.1, 0.15) is 12.5 Å². The zero-order valence-electron chi connectivity index (χ0n) is 13.6. The van der Waals surface area contributed by atoms with Crippen LogP contribution in [0, 0.1) is 35.8 Å². The molecule has 1 aromatic rings. The molecule has 0 aromatic heterocycles. The van der Waals surface area contributed by atoms with Gasteiger partial charge in [0, 0.05) is 5.22 Å². The van der Waals surface area contributed by atoms with Crippen molar-refractivity contribution in [3.63, 3.8) is 0 Å². The molecule has 26 heavy (non-hydrogen) atoms. The van der Waals surface area contributed by atoms with E-state index in [1.165, 1.54) is 12.1 Å². The van der Waals surface area contributed by atoms with Gasteiger partial charge in [-0.15, -0.1) is 0 Å². The predicted molar refractivity (Wildman–Crippen MR) is 89.3 cm³/mol. The number of hydrogen-bond acceptors (Lipinski definition) is 6. The molecule has 1 aromatic carbocycles.